The monoisotopic (exact) mass is 408 g/mol. The highest BCUT2D eigenvalue weighted by molar-refractivity contribution is 6.19. The molecular weight excluding hydrogens is 380 g/mol. The minimum Gasteiger partial charge on any atom is -0.490 e. The summed E-state index contributed by atoms with van der Waals surface area (Å²) in [6.07, 6.45) is 6.31. The average Bonchev–Trinajstić information content (AvgIpc) is 2.73. The van der Waals surface area contributed by atoms with Crippen molar-refractivity contribution in [3.8, 4) is 17.6 Å². The van der Waals surface area contributed by atoms with Gasteiger partial charge in [0.05, 0.1) is 13.2 Å². The molecule has 0 radical (unpaired) electrons. The summed E-state index contributed by atoms with van der Waals surface area (Å²) in [6.45, 7) is 10.4. The van der Waals surface area contributed by atoms with E-state index in [0.717, 1.165) is 24.2 Å². The van der Waals surface area contributed by atoms with Gasteiger partial charge < -0.3 is 9.47 Å². The van der Waals surface area contributed by atoms with E-state index in [1.54, 1.807) is 19.1 Å². The number of hydrogen-bond donors (Lipinski definition) is 0. The van der Waals surface area contributed by atoms with Gasteiger partial charge in [0.1, 0.15) is 11.6 Å². The topological polar surface area (TPSA) is 79.6 Å². The van der Waals surface area contributed by atoms with Crippen LogP contribution < -0.4 is 9.47 Å². The minimum atomic E-state index is -0.595. The molecule has 1 aromatic carbocycles. The van der Waals surface area contributed by atoms with Crippen molar-refractivity contribution in [3.05, 3.63) is 53.1 Å². The third kappa shape index (κ3) is 5.18. The third-order valence-electron chi connectivity index (χ3n) is 4.72. The first kappa shape index (κ1) is 23.0. The van der Waals surface area contributed by atoms with Crippen LogP contribution in [0.2, 0.25) is 0 Å². The van der Waals surface area contributed by atoms with Crippen LogP contribution in [0.25, 0.3) is 6.08 Å². The van der Waals surface area contributed by atoms with Crippen LogP contribution >= 0.6 is 0 Å². The second kappa shape index (κ2) is 11.0. The van der Waals surface area contributed by atoms with E-state index in [1.807, 2.05) is 25.1 Å². The normalized spacial score (nSPS) is 15.4. The summed E-state index contributed by atoms with van der Waals surface area (Å²) in [7, 11) is 0. The summed E-state index contributed by atoms with van der Waals surface area (Å²) in [5, 5.41) is 9.40. The summed E-state index contributed by atoms with van der Waals surface area (Å²) < 4.78 is 11.6. The van der Waals surface area contributed by atoms with Gasteiger partial charge in [-0.25, -0.2) is 0 Å². The van der Waals surface area contributed by atoms with Gasteiger partial charge in [0.15, 0.2) is 11.5 Å². The second-order valence-corrected chi connectivity index (χ2v) is 6.87. The first-order valence-electron chi connectivity index (χ1n) is 10.2. The number of hydrogen-bond acceptors (Lipinski definition) is 5. The molecule has 2 amide bonds. The number of carbonyl (C=O) groups is 2. The summed E-state index contributed by atoms with van der Waals surface area (Å²) in [6, 6.07) is 7.35. The van der Waals surface area contributed by atoms with Gasteiger partial charge in [-0.1, -0.05) is 31.9 Å². The quantitative estimate of drug-likeness (QED) is 0.248. The molecule has 0 bridgehead atoms. The van der Waals surface area contributed by atoms with E-state index in [2.05, 4.69) is 13.5 Å². The highest BCUT2D eigenvalue weighted by atomic mass is 16.5. The Morgan fingerprint density at radius 1 is 1.13 bits per heavy atom. The Hall–Kier alpha value is -3.33. The number of ether oxygens (including phenoxy) is 2. The fourth-order valence-corrected chi connectivity index (χ4v) is 3.13. The summed E-state index contributed by atoms with van der Waals surface area (Å²) in [5.74, 6) is 0.198. The predicted molar refractivity (Wildman–Crippen MR) is 116 cm³/mol. The Morgan fingerprint density at radius 2 is 1.90 bits per heavy atom. The van der Waals surface area contributed by atoms with Gasteiger partial charge in [0.25, 0.3) is 11.8 Å². The number of amides is 2. The van der Waals surface area contributed by atoms with Gasteiger partial charge in [0.2, 0.25) is 0 Å². The molecule has 6 nitrogen and oxygen atoms in total. The van der Waals surface area contributed by atoms with Crippen molar-refractivity contribution in [3.63, 3.8) is 0 Å². The molecule has 2 rings (SSSR count). The summed E-state index contributed by atoms with van der Waals surface area (Å²) in [4.78, 5) is 26.3. The SMILES string of the molecule is C=CCN1C(=O)C(C#N)=C(C)/C(=C\c2ccc(OCCCCC)c(OCC)c2)C1=O. The average molecular weight is 408 g/mol. The molecule has 1 aromatic rings. The van der Waals surface area contributed by atoms with Crippen LogP contribution in [0.3, 0.4) is 0 Å². The third-order valence-corrected chi connectivity index (χ3v) is 4.72. The first-order chi connectivity index (χ1) is 14.5. The molecule has 1 heterocycles. The zero-order valence-electron chi connectivity index (χ0n) is 17.9. The fourth-order valence-electron chi connectivity index (χ4n) is 3.13. The molecule has 0 aromatic heterocycles. The van der Waals surface area contributed by atoms with Crippen molar-refractivity contribution in [2.45, 2.75) is 40.0 Å². The highest BCUT2D eigenvalue weighted by Crippen LogP contribution is 2.32. The number of nitrogens with zero attached hydrogens (tertiary/aromatic N) is 2. The van der Waals surface area contributed by atoms with Crippen molar-refractivity contribution >= 4 is 17.9 Å². The molecule has 0 N–H and O–H groups in total. The van der Waals surface area contributed by atoms with Crippen molar-refractivity contribution in [2.75, 3.05) is 19.8 Å². The molecule has 30 heavy (non-hydrogen) atoms. The van der Waals surface area contributed by atoms with E-state index in [1.165, 1.54) is 6.08 Å². The molecule has 0 saturated carbocycles. The van der Waals surface area contributed by atoms with Crippen LogP contribution in [-0.4, -0.2) is 36.5 Å². The molecule has 6 heteroatoms. The van der Waals surface area contributed by atoms with E-state index in [9.17, 15) is 14.9 Å². The minimum absolute atomic E-state index is 0.0383. The van der Waals surface area contributed by atoms with Gasteiger partial charge in [-0.2, -0.15) is 5.26 Å². The van der Waals surface area contributed by atoms with Gasteiger partial charge >= 0.3 is 0 Å². The van der Waals surface area contributed by atoms with Crippen molar-refractivity contribution < 1.29 is 19.1 Å². The lowest BCUT2D eigenvalue weighted by atomic mass is 9.93. The lowest BCUT2D eigenvalue weighted by Crippen LogP contribution is -2.42. The van der Waals surface area contributed by atoms with Crippen molar-refractivity contribution in [2.24, 2.45) is 0 Å². The molecule has 158 valence electrons. The Balaban J connectivity index is 2.42. The van der Waals surface area contributed by atoms with E-state index in [0.29, 0.717) is 41.4 Å². The zero-order chi connectivity index (χ0) is 22.1. The molecular formula is C24H28N2O4. The maximum absolute atomic E-state index is 12.9. The smallest absolute Gasteiger partial charge is 0.271 e. The largest absolute Gasteiger partial charge is 0.490 e. The Bertz CT molecular complexity index is 922. The van der Waals surface area contributed by atoms with Gasteiger partial charge in [0, 0.05) is 12.1 Å². The zero-order valence-corrected chi connectivity index (χ0v) is 17.9. The van der Waals surface area contributed by atoms with E-state index < -0.39 is 11.8 Å². The van der Waals surface area contributed by atoms with Crippen LogP contribution in [0.1, 0.15) is 45.6 Å². The number of nitriles is 1. The number of unbranched alkanes of at least 4 members (excludes halogenated alkanes) is 2. The maximum Gasteiger partial charge on any atom is 0.271 e. The van der Waals surface area contributed by atoms with E-state index in [-0.39, 0.29) is 12.1 Å². The van der Waals surface area contributed by atoms with E-state index in [4.69, 9.17) is 9.47 Å². The van der Waals surface area contributed by atoms with E-state index >= 15 is 0 Å². The molecule has 1 aliphatic heterocycles. The number of carbonyl (C=O) groups excluding carboxylic acids is 2. The van der Waals surface area contributed by atoms with Crippen molar-refractivity contribution in [1.29, 1.82) is 5.26 Å². The predicted octanol–water partition coefficient (Wildman–Crippen LogP) is 4.43. The molecule has 0 saturated heterocycles. The maximum atomic E-state index is 12.9. The Morgan fingerprint density at radius 3 is 2.53 bits per heavy atom. The Kier molecular flexibility index (Phi) is 8.42. The second-order valence-electron chi connectivity index (χ2n) is 6.87. The molecule has 1 aliphatic rings. The number of rotatable bonds is 10. The van der Waals surface area contributed by atoms with Crippen LogP contribution in [0.15, 0.2) is 47.6 Å². The van der Waals surface area contributed by atoms with Gasteiger partial charge in [-0.15, -0.1) is 6.58 Å². The molecule has 0 aliphatic carbocycles. The number of benzene rings is 1. The molecule has 0 unspecified atom stereocenters. The van der Waals surface area contributed by atoms with Crippen LogP contribution in [0.4, 0.5) is 0 Å². The molecule has 0 fully saturated rings. The fraction of sp³-hybridized carbons (Fsp3) is 0.375. The lowest BCUT2D eigenvalue weighted by Gasteiger charge is -2.26. The molecule has 0 spiro atoms. The number of imide groups is 1. The van der Waals surface area contributed by atoms with Crippen LogP contribution in [0.5, 0.6) is 11.5 Å². The Labute approximate surface area is 178 Å². The summed E-state index contributed by atoms with van der Waals surface area (Å²) >= 11 is 0. The lowest BCUT2D eigenvalue weighted by molar-refractivity contribution is -0.139. The van der Waals surface area contributed by atoms with Gasteiger partial charge in [-0.05, 0) is 49.6 Å². The molecule has 0 atom stereocenters. The standard InChI is InChI=1S/C24H28N2O4/c1-5-8-9-13-30-21-11-10-18(15-22(21)29-7-3)14-19-17(4)20(16-25)24(28)26(12-6-2)23(19)27/h6,10-11,14-15H,2,5,7-9,12-13H2,1,3-4H3/b19-14+. The highest BCUT2D eigenvalue weighted by Gasteiger charge is 2.34. The van der Waals surface area contributed by atoms with Crippen LogP contribution in [-0.2, 0) is 9.59 Å². The summed E-state index contributed by atoms with van der Waals surface area (Å²) in [5.41, 5.74) is 1.34. The first-order valence-corrected chi connectivity index (χ1v) is 10.2. The van der Waals surface area contributed by atoms with Crippen molar-refractivity contribution in [1.82, 2.24) is 4.90 Å². The van der Waals surface area contributed by atoms with Crippen LogP contribution in [0, 0.1) is 11.3 Å². The van der Waals surface area contributed by atoms with Gasteiger partial charge in [-0.3, -0.25) is 14.5 Å².